The molecule has 0 saturated carbocycles. The minimum Gasteiger partial charge on any atom is -1.00 e. The van der Waals surface area contributed by atoms with Crippen LogP contribution in [0.15, 0.2) is 0 Å². The molecule has 3 nitrogen and oxygen atoms in total. The van der Waals surface area contributed by atoms with Gasteiger partial charge in [0.25, 0.3) is 0 Å². The molecule has 0 spiro atoms. The van der Waals surface area contributed by atoms with Gasteiger partial charge in [0, 0.05) is 0 Å². The SMILES string of the molecule is O.[O-][O-].[Sr+2]. The molecule has 0 aromatic rings. The van der Waals surface area contributed by atoms with Gasteiger partial charge in [-0.3, -0.25) is 0 Å². The van der Waals surface area contributed by atoms with Crippen LogP contribution in [0.25, 0.3) is 0 Å². The van der Waals surface area contributed by atoms with Crippen molar-refractivity contribution in [2.45, 2.75) is 0 Å². The molecule has 0 fully saturated rings. The molecule has 0 aliphatic heterocycles. The van der Waals surface area contributed by atoms with E-state index in [1.807, 2.05) is 0 Å². The van der Waals surface area contributed by atoms with Gasteiger partial charge in [-0.1, -0.05) is 0 Å². The van der Waals surface area contributed by atoms with Crippen molar-refractivity contribution in [2.24, 2.45) is 0 Å². The zero-order valence-electron chi connectivity index (χ0n) is 2.02. The molecule has 22 valence electrons. The fraction of sp³-hybridized carbons (Fsp3) is 0. The first-order chi connectivity index (χ1) is 1.00. The second-order valence-corrected chi connectivity index (χ2v) is 0. The fourth-order valence-corrected chi connectivity index (χ4v) is 0. The molecule has 0 heterocycles. The van der Waals surface area contributed by atoms with Gasteiger partial charge in [-0.25, -0.2) is 0 Å². The van der Waals surface area contributed by atoms with E-state index in [-0.39, 0.29) is 51.0 Å². The Hall–Kier alpha value is 1.36. The Morgan fingerprint density at radius 1 is 1.00 bits per heavy atom. The molecule has 0 saturated heterocycles. The maximum Gasteiger partial charge on any atom is 2.00 e. The summed E-state index contributed by atoms with van der Waals surface area (Å²) in [6, 6.07) is 0. The van der Waals surface area contributed by atoms with Gasteiger partial charge >= 0.3 is 45.5 Å². The summed E-state index contributed by atoms with van der Waals surface area (Å²) in [5.74, 6) is 0. The van der Waals surface area contributed by atoms with E-state index < -0.39 is 0 Å². The van der Waals surface area contributed by atoms with E-state index in [0.29, 0.717) is 0 Å². The zero-order valence-corrected chi connectivity index (χ0v) is 5.50. The summed E-state index contributed by atoms with van der Waals surface area (Å²) in [5, 5.41) is 14.0. The number of hydrogen-bond donors (Lipinski definition) is 0. The Bertz CT molecular complexity index is 3.25. The summed E-state index contributed by atoms with van der Waals surface area (Å²) in [5.41, 5.74) is 0. The topological polar surface area (TPSA) is 77.6 Å². The normalized spacial score (nSPS) is 1.50. The van der Waals surface area contributed by atoms with E-state index in [1.165, 1.54) is 0 Å². The van der Waals surface area contributed by atoms with Crippen LogP contribution in [0.2, 0.25) is 0 Å². The van der Waals surface area contributed by atoms with Crippen molar-refractivity contribution in [3.8, 4) is 0 Å². The van der Waals surface area contributed by atoms with Crippen molar-refractivity contribution in [1.29, 1.82) is 0 Å². The molecule has 0 unspecified atom stereocenters. The third-order valence-electron chi connectivity index (χ3n) is 0. The van der Waals surface area contributed by atoms with Crippen LogP contribution in [-0.4, -0.2) is 51.0 Å². The van der Waals surface area contributed by atoms with Crippen molar-refractivity contribution < 1.29 is 16.0 Å². The third-order valence-corrected chi connectivity index (χ3v) is 0. The molecule has 0 radical (unpaired) electrons. The molecule has 0 rings (SSSR count). The fourth-order valence-electron chi connectivity index (χ4n) is 0. The van der Waals surface area contributed by atoms with Crippen molar-refractivity contribution >= 4 is 45.5 Å². The van der Waals surface area contributed by atoms with Crippen molar-refractivity contribution in [1.82, 2.24) is 0 Å². The maximum atomic E-state index is 7.00. The number of hydrogen-bond acceptors (Lipinski definition) is 2. The largest absolute Gasteiger partial charge is 2.00 e. The minimum absolute atomic E-state index is 0. The average Bonchev–Trinajstić information content (AvgIpc) is 1.00. The van der Waals surface area contributed by atoms with Gasteiger partial charge in [0.1, 0.15) is 0 Å². The Kier molecular flexibility index (Phi) is 122. The van der Waals surface area contributed by atoms with Crippen LogP contribution in [0.1, 0.15) is 0 Å². The Morgan fingerprint density at radius 3 is 1.00 bits per heavy atom. The summed E-state index contributed by atoms with van der Waals surface area (Å²) in [6.45, 7) is 0. The molecule has 0 aliphatic carbocycles. The van der Waals surface area contributed by atoms with E-state index in [0.717, 1.165) is 0 Å². The standard InChI is InChI=1S/O2.H2O.Sr/c1-2;;/h;1H2;/q-2;;+2. The summed E-state index contributed by atoms with van der Waals surface area (Å²) in [6.07, 6.45) is 0. The summed E-state index contributed by atoms with van der Waals surface area (Å²) in [7, 11) is 0. The van der Waals surface area contributed by atoms with Crippen LogP contribution in [0.4, 0.5) is 0 Å². The molecule has 0 atom stereocenters. The molecular formula is H2O3Sr. The summed E-state index contributed by atoms with van der Waals surface area (Å²) in [4.78, 5) is 0. The van der Waals surface area contributed by atoms with E-state index in [1.54, 1.807) is 0 Å². The van der Waals surface area contributed by atoms with Gasteiger partial charge in [0.2, 0.25) is 0 Å². The smallest absolute Gasteiger partial charge is 1.00 e. The van der Waals surface area contributed by atoms with Crippen LogP contribution in [0, 0.1) is 0 Å². The molecule has 2 N–H and O–H groups in total. The van der Waals surface area contributed by atoms with Gasteiger partial charge in [-0.05, 0) is 0 Å². The molecule has 0 amide bonds. The Labute approximate surface area is 60.8 Å². The first-order valence-electron chi connectivity index (χ1n) is 0.167. The molecule has 4 heavy (non-hydrogen) atoms. The molecule has 0 bridgehead atoms. The second kappa shape index (κ2) is 26.6. The van der Waals surface area contributed by atoms with Crippen LogP contribution < -0.4 is 10.5 Å². The zero-order chi connectivity index (χ0) is 2.00. The van der Waals surface area contributed by atoms with E-state index in [4.69, 9.17) is 10.5 Å². The van der Waals surface area contributed by atoms with E-state index in [2.05, 4.69) is 0 Å². The van der Waals surface area contributed by atoms with Crippen molar-refractivity contribution in [3.05, 3.63) is 0 Å². The monoisotopic (exact) mass is 138 g/mol. The van der Waals surface area contributed by atoms with Gasteiger partial charge in [0.05, 0.1) is 0 Å². The van der Waals surface area contributed by atoms with Crippen LogP contribution >= 0.6 is 0 Å². The summed E-state index contributed by atoms with van der Waals surface area (Å²) >= 11 is 0. The molecular weight excluding hydrogens is 136 g/mol. The van der Waals surface area contributed by atoms with Crippen LogP contribution in [-0.2, 0) is 0 Å². The van der Waals surface area contributed by atoms with Gasteiger partial charge in [0.15, 0.2) is 0 Å². The van der Waals surface area contributed by atoms with Gasteiger partial charge in [-0.15, -0.1) is 0 Å². The van der Waals surface area contributed by atoms with Gasteiger partial charge in [-0.2, -0.15) is 0 Å². The minimum atomic E-state index is 0. The predicted octanol–water partition coefficient (Wildman–Crippen LogP) is -3.58. The van der Waals surface area contributed by atoms with Crippen LogP contribution in [0.3, 0.4) is 0 Å². The van der Waals surface area contributed by atoms with Gasteiger partial charge < -0.3 is 16.0 Å². The Balaban J connectivity index is -0.00000000500. The molecule has 0 aromatic heterocycles. The van der Waals surface area contributed by atoms with E-state index in [9.17, 15) is 0 Å². The first kappa shape index (κ1) is 18.3. The second-order valence-electron chi connectivity index (χ2n) is 0. The molecule has 0 aromatic carbocycles. The quantitative estimate of drug-likeness (QED) is 0.197. The van der Waals surface area contributed by atoms with Crippen molar-refractivity contribution in [2.75, 3.05) is 0 Å². The Morgan fingerprint density at radius 2 is 1.00 bits per heavy atom. The molecule has 4 heteroatoms. The summed E-state index contributed by atoms with van der Waals surface area (Å²) < 4.78 is 0. The van der Waals surface area contributed by atoms with Crippen LogP contribution in [0.5, 0.6) is 0 Å². The van der Waals surface area contributed by atoms with E-state index >= 15 is 0 Å². The third kappa shape index (κ3) is 10.1. The predicted molar refractivity (Wildman–Crippen MR) is 9.37 cm³/mol. The van der Waals surface area contributed by atoms with Crippen molar-refractivity contribution in [3.63, 3.8) is 0 Å². The average molecular weight is 138 g/mol. The number of rotatable bonds is 0. The molecule has 0 aliphatic rings. The first-order valence-corrected chi connectivity index (χ1v) is 0.167. The maximum absolute atomic E-state index is 7.00.